The number of hydrazine groups is 1. The van der Waals surface area contributed by atoms with Crippen molar-refractivity contribution in [2.75, 3.05) is 12.2 Å². The number of benzene rings is 2. The monoisotopic (exact) mass is 481 g/mol. The van der Waals surface area contributed by atoms with Gasteiger partial charge in [-0.05, 0) is 47.4 Å². The highest BCUT2D eigenvalue weighted by atomic mass is 35.5. The molecule has 0 aliphatic rings. The van der Waals surface area contributed by atoms with Gasteiger partial charge in [-0.25, -0.2) is 4.79 Å². The molecule has 0 aliphatic carbocycles. The van der Waals surface area contributed by atoms with E-state index in [4.69, 9.17) is 26.9 Å². The number of anilines is 1. The van der Waals surface area contributed by atoms with Gasteiger partial charge in [0.1, 0.15) is 17.9 Å². The summed E-state index contributed by atoms with van der Waals surface area (Å²) in [7, 11) is 0. The molecule has 0 aromatic heterocycles. The molecule has 180 valence electrons. The number of urea groups is 1. The molecule has 2 amide bonds. The van der Waals surface area contributed by atoms with E-state index in [-0.39, 0.29) is 33.7 Å². The lowest BCUT2D eigenvalue weighted by Gasteiger charge is -2.30. The summed E-state index contributed by atoms with van der Waals surface area (Å²) in [6, 6.07) is 12.3. The number of nitrogens with one attached hydrogen (secondary N) is 3. The lowest BCUT2D eigenvalue weighted by molar-refractivity contribution is 0.224. The lowest BCUT2D eigenvalue weighted by Crippen LogP contribution is -2.41. The maximum Gasteiger partial charge on any atom is 0.336 e. The van der Waals surface area contributed by atoms with Crippen LogP contribution in [0.15, 0.2) is 30.3 Å². The molecule has 34 heavy (non-hydrogen) atoms. The number of nitriles is 2. The minimum absolute atomic E-state index is 0.0403. The summed E-state index contributed by atoms with van der Waals surface area (Å²) in [6.07, 6.45) is 1.96. The fourth-order valence-corrected chi connectivity index (χ4v) is 3.41. The Labute approximate surface area is 207 Å². The highest BCUT2D eigenvalue weighted by Gasteiger charge is 2.26. The number of ether oxygens (including phenoxy) is 1. The molecule has 0 fully saturated rings. The zero-order valence-corrected chi connectivity index (χ0v) is 21.4. The Morgan fingerprint density at radius 3 is 2.21 bits per heavy atom. The van der Waals surface area contributed by atoms with Crippen molar-refractivity contribution < 1.29 is 9.53 Å². The Balaban J connectivity index is 2.06. The average molecular weight is 482 g/mol. The Bertz CT molecular complexity index is 1130. The molecule has 8 heteroatoms. The van der Waals surface area contributed by atoms with Crippen LogP contribution in [0.4, 0.5) is 10.5 Å². The molecule has 0 unspecified atom stereocenters. The number of carbonyl (C=O) groups excluding carboxylic acids is 1. The minimum atomic E-state index is -0.543. The van der Waals surface area contributed by atoms with Gasteiger partial charge in [0.15, 0.2) is 6.73 Å². The lowest BCUT2D eigenvalue weighted by atomic mass is 9.76. The van der Waals surface area contributed by atoms with Crippen LogP contribution in [0.1, 0.15) is 76.6 Å². The normalized spacial score (nSPS) is 11.2. The molecule has 7 nitrogen and oxygen atoms in total. The summed E-state index contributed by atoms with van der Waals surface area (Å²) < 4.78 is 5.93. The third kappa shape index (κ3) is 6.34. The molecule has 0 bridgehead atoms. The van der Waals surface area contributed by atoms with Gasteiger partial charge < -0.3 is 10.1 Å². The van der Waals surface area contributed by atoms with Gasteiger partial charge in [0, 0.05) is 5.56 Å². The van der Waals surface area contributed by atoms with Crippen molar-refractivity contribution >= 4 is 23.3 Å². The van der Waals surface area contributed by atoms with E-state index in [0.717, 1.165) is 24.2 Å². The molecule has 0 heterocycles. The molecule has 2 aromatic carbocycles. The number of amides is 2. The molecule has 0 radical (unpaired) electrons. The van der Waals surface area contributed by atoms with Gasteiger partial charge in [0.05, 0.1) is 21.8 Å². The molecule has 2 rings (SSSR count). The van der Waals surface area contributed by atoms with Crippen LogP contribution in [0.25, 0.3) is 0 Å². The highest BCUT2D eigenvalue weighted by Crippen LogP contribution is 2.38. The molecule has 3 N–H and O–H groups in total. The van der Waals surface area contributed by atoms with Crippen molar-refractivity contribution in [1.29, 1.82) is 10.5 Å². The second-order valence-electron chi connectivity index (χ2n) is 9.33. The van der Waals surface area contributed by atoms with Gasteiger partial charge >= 0.3 is 6.03 Å². The van der Waals surface area contributed by atoms with Gasteiger partial charge in [-0.15, -0.1) is 0 Å². The maximum absolute atomic E-state index is 12.2. The van der Waals surface area contributed by atoms with Gasteiger partial charge in [-0.1, -0.05) is 65.3 Å². The molecule has 0 spiro atoms. The third-order valence-electron chi connectivity index (χ3n) is 6.38. The summed E-state index contributed by atoms with van der Waals surface area (Å²) in [5.41, 5.74) is 8.03. The van der Waals surface area contributed by atoms with Crippen LogP contribution in [-0.2, 0) is 10.8 Å². The van der Waals surface area contributed by atoms with Crippen molar-refractivity contribution in [2.24, 2.45) is 0 Å². The van der Waals surface area contributed by atoms with Crippen molar-refractivity contribution in [2.45, 2.75) is 65.2 Å². The molecule has 0 saturated heterocycles. The van der Waals surface area contributed by atoms with E-state index in [1.54, 1.807) is 0 Å². The van der Waals surface area contributed by atoms with Crippen LogP contribution in [0, 0.1) is 22.7 Å². The van der Waals surface area contributed by atoms with Gasteiger partial charge in [-0.3, -0.25) is 10.9 Å². The minimum Gasteiger partial charge on any atom is -0.473 e. The second-order valence-corrected chi connectivity index (χ2v) is 9.74. The Morgan fingerprint density at radius 2 is 1.62 bits per heavy atom. The smallest absolute Gasteiger partial charge is 0.336 e. The summed E-state index contributed by atoms with van der Waals surface area (Å²) in [5.74, 6) is 0.726. The van der Waals surface area contributed by atoms with Crippen LogP contribution in [-0.4, -0.2) is 12.8 Å². The highest BCUT2D eigenvalue weighted by molar-refractivity contribution is 6.33. The van der Waals surface area contributed by atoms with Gasteiger partial charge in [0.25, 0.3) is 0 Å². The molecule has 0 atom stereocenters. The molecule has 0 aliphatic heterocycles. The number of halogens is 1. The average Bonchev–Trinajstić information content (AvgIpc) is 2.82. The third-order valence-corrected chi connectivity index (χ3v) is 6.69. The molecular formula is C26H32ClN5O2. The SMILES string of the molecule is CCC(C)(C)c1ccc(OCNC(=O)NNc2cc(C#N)c(C#N)cc2Cl)c(C(C)(C)CC)c1. The van der Waals surface area contributed by atoms with Crippen molar-refractivity contribution in [3.63, 3.8) is 0 Å². The number of nitrogens with zero attached hydrogens (tertiary/aromatic N) is 2. The van der Waals surface area contributed by atoms with E-state index in [9.17, 15) is 4.79 Å². The van der Waals surface area contributed by atoms with Crippen LogP contribution < -0.4 is 20.9 Å². The number of hydrogen-bond acceptors (Lipinski definition) is 5. The summed E-state index contributed by atoms with van der Waals surface area (Å²) in [5, 5.41) is 21.0. The molecule has 0 saturated carbocycles. The van der Waals surface area contributed by atoms with E-state index >= 15 is 0 Å². The van der Waals surface area contributed by atoms with Gasteiger partial charge in [0.2, 0.25) is 0 Å². The van der Waals surface area contributed by atoms with E-state index in [0.29, 0.717) is 5.69 Å². The molecule has 2 aromatic rings. The van der Waals surface area contributed by atoms with Crippen LogP contribution >= 0.6 is 11.6 Å². The predicted molar refractivity (Wildman–Crippen MR) is 135 cm³/mol. The Kier molecular flexibility index (Phi) is 8.79. The summed E-state index contributed by atoms with van der Waals surface area (Å²) in [6.45, 7) is 13.1. The standard InChI is InChI=1S/C26H32ClN5O2/c1-7-25(3,4)19-9-10-23(20(13-19)26(5,6)8-2)34-16-30-24(33)32-31-22-12-18(15-29)17(14-28)11-21(22)27/h9-13,31H,7-8,16H2,1-6H3,(H2,30,32,33). The van der Waals surface area contributed by atoms with Crippen molar-refractivity contribution in [1.82, 2.24) is 10.7 Å². The topological polar surface area (TPSA) is 110 Å². The quantitative estimate of drug-likeness (QED) is 0.295. The fraction of sp³-hybridized carbons (Fsp3) is 0.423. The fourth-order valence-electron chi connectivity index (χ4n) is 3.20. The zero-order valence-electron chi connectivity index (χ0n) is 20.6. The van der Waals surface area contributed by atoms with E-state index in [1.807, 2.05) is 18.2 Å². The first-order valence-electron chi connectivity index (χ1n) is 11.2. The zero-order chi connectivity index (χ0) is 25.5. The summed E-state index contributed by atoms with van der Waals surface area (Å²) in [4.78, 5) is 12.2. The second kappa shape index (κ2) is 11.1. The Hall–Kier alpha value is -3.42. The first-order chi connectivity index (χ1) is 16.0. The van der Waals surface area contributed by atoms with E-state index in [2.05, 4.69) is 69.8 Å². The van der Waals surface area contributed by atoms with E-state index < -0.39 is 6.03 Å². The Morgan fingerprint density at radius 1 is 1.00 bits per heavy atom. The maximum atomic E-state index is 12.2. The number of carbonyl (C=O) groups is 1. The van der Waals surface area contributed by atoms with Gasteiger partial charge in [-0.2, -0.15) is 10.5 Å². The number of rotatable bonds is 9. The first-order valence-corrected chi connectivity index (χ1v) is 11.6. The first kappa shape index (κ1) is 26.8. The van der Waals surface area contributed by atoms with Crippen LogP contribution in [0.5, 0.6) is 5.75 Å². The number of hydrogen-bond donors (Lipinski definition) is 3. The molecular weight excluding hydrogens is 450 g/mol. The largest absolute Gasteiger partial charge is 0.473 e. The van der Waals surface area contributed by atoms with Crippen LogP contribution in [0.3, 0.4) is 0 Å². The summed E-state index contributed by atoms with van der Waals surface area (Å²) >= 11 is 6.11. The van der Waals surface area contributed by atoms with E-state index in [1.165, 1.54) is 17.7 Å². The predicted octanol–water partition coefficient (Wildman–Crippen LogP) is 6.12. The van der Waals surface area contributed by atoms with Crippen molar-refractivity contribution in [3.05, 3.63) is 57.6 Å². The van der Waals surface area contributed by atoms with Crippen LogP contribution in [0.2, 0.25) is 5.02 Å². The van der Waals surface area contributed by atoms with Crippen molar-refractivity contribution in [3.8, 4) is 17.9 Å².